The molecule has 0 heterocycles. The number of carbonyl (C=O) groups excluding carboxylic acids is 3. The van der Waals surface area contributed by atoms with E-state index < -0.39 is 11.8 Å². The van der Waals surface area contributed by atoms with Gasteiger partial charge in [0, 0.05) is 16.4 Å². The van der Waals surface area contributed by atoms with Crippen LogP contribution in [0.25, 0.3) is 0 Å². The van der Waals surface area contributed by atoms with Crippen molar-refractivity contribution in [1.82, 2.24) is 5.43 Å². The molecule has 0 spiro atoms. The van der Waals surface area contributed by atoms with E-state index in [0.29, 0.717) is 49.4 Å². The lowest BCUT2D eigenvalue weighted by Crippen LogP contribution is -2.32. The molecule has 0 aliphatic rings. The van der Waals surface area contributed by atoms with Gasteiger partial charge in [0.15, 0.2) is 18.1 Å². The fourth-order valence-corrected chi connectivity index (χ4v) is 4.20. The lowest BCUT2D eigenvalue weighted by Gasteiger charge is -2.13. The molecule has 3 N–H and O–H groups in total. The van der Waals surface area contributed by atoms with Gasteiger partial charge in [-0.25, -0.2) is 5.43 Å². The Balaban J connectivity index is 1.52. The first-order chi connectivity index (χ1) is 19.3. The molecule has 40 heavy (non-hydrogen) atoms. The molecule has 210 valence electrons. The predicted molar refractivity (Wildman–Crippen MR) is 162 cm³/mol. The summed E-state index contributed by atoms with van der Waals surface area (Å²) in [4.78, 5) is 36.7. The minimum absolute atomic E-state index is 0.258. The Bertz CT molecular complexity index is 1370. The summed E-state index contributed by atoms with van der Waals surface area (Å²) in [6, 6.07) is 16.8. The van der Waals surface area contributed by atoms with Gasteiger partial charge in [0.05, 0.1) is 23.5 Å². The van der Waals surface area contributed by atoms with E-state index in [1.807, 2.05) is 22.6 Å². The maximum Gasteiger partial charge on any atom is 0.329 e. The van der Waals surface area contributed by atoms with Crippen molar-refractivity contribution >= 4 is 69.5 Å². The predicted octanol–water partition coefficient (Wildman–Crippen LogP) is 5.24. The molecular formula is C28H28ClIN4O6. The summed E-state index contributed by atoms with van der Waals surface area (Å²) in [6.45, 7) is 2.44. The summed E-state index contributed by atoms with van der Waals surface area (Å²) in [7, 11) is 1.46. The number of rotatable bonds is 12. The fourth-order valence-electron chi connectivity index (χ4n) is 3.23. The largest absolute Gasteiger partial charge is 0.494 e. The SMILES string of the molecule is CCCCOc1ccc(NC(=O)C(=O)N/N=C\c2cc(I)c(OCC(=O)Nc3cccc(Cl)c3)c(OC)c2)cc1. The number of anilines is 2. The normalized spacial score (nSPS) is 10.6. The molecule has 0 radical (unpaired) electrons. The first-order valence-electron chi connectivity index (χ1n) is 12.2. The van der Waals surface area contributed by atoms with E-state index in [1.165, 1.54) is 13.3 Å². The molecule has 10 nitrogen and oxygen atoms in total. The third kappa shape index (κ3) is 9.72. The lowest BCUT2D eigenvalue weighted by atomic mass is 10.2. The third-order valence-electron chi connectivity index (χ3n) is 5.17. The van der Waals surface area contributed by atoms with Crippen LogP contribution >= 0.6 is 34.2 Å². The highest BCUT2D eigenvalue weighted by atomic mass is 127. The molecule has 3 aromatic rings. The Hall–Kier alpha value is -3.84. The fraction of sp³-hybridized carbons (Fsp3) is 0.214. The number of hydrogen-bond donors (Lipinski definition) is 3. The minimum Gasteiger partial charge on any atom is -0.494 e. The van der Waals surface area contributed by atoms with Crippen LogP contribution in [0.2, 0.25) is 5.02 Å². The van der Waals surface area contributed by atoms with E-state index in [1.54, 1.807) is 60.7 Å². The van der Waals surface area contributed by atoms with Crippen LogP contribution in [0.3, 0.4) is 0 Å². The van der Waals surface area contributed by atoms with Gasteiger partial charge in [-0.15, -0.1) is 0 Å². The van der Waals surface area contributed by atoms with Crippen molar-refractivity contribution in [3.8, 4) is 17.2 Å². The number of ether oxygens (including phenoxy) is 3. The van der Waals surface area contributed by atoms with Crippen LogP contribution in [0, 0.1) is 3.57 Å². The van der Waals surface area contributed by atoms with Crippen molar-refractivity contribution in [2.75, 3.05) is 31.0 Å². The lowest BCUT2D eigenvalue weighted by molar-refractivity contribution is -0.136. The molecule has 0 atom stereocenters. The molecule has 12 heteroatoms. The molecule has 0 aliphatic heterocycles. The van der Waals surface area contributed by atoms with Crippen LogP contribution in [0.4, 0.5) is 11.4 Å². The molecule has 0 aliphatic carbocycles. The Kier molecular flexibility index (Phi) is 12.0. The average molecular weight is 679 g/mol. The smallest absolute Gasteiger partial charge is 0.329 e. The highest BCUT2D eigenvalue weighted by Gasteiger charge is 2.15. The number of amides is 3. The first kappa shape index (κ1) is 30.7. The van der Waals surface area contributed by atoms with Crippen molar-refractivity contribution in [3.05, 3.63) is 74.8 Å². The summed E-state index contributed by atoms with van der Waals surface area (Å²) >= 11 is 7.97. The second kappa shape index (κ2) is 15.7. The van der Waals surface area contributed by atoms with Crippen LogP contribution < -0.4 is 30.3 Å². The first-order valence-corrected chi connectivity index (χ1v) is 13.7. The van der Waals surface area contributed by atoms with Crippen LogP contribution in [0.15, 0.2) is 65.8 Å². The van der Waals surface area contributed by atoms with Crippen molar-refractivity contribution in [2.24, 2.45) is 5.10 Å². The molecule has 0 unspecified atom stereocenters. The van der Waals surface area contributed by atoms with E-state index >= 15 is 0 Å². The maximum atomic E-state index is 12.3. The standard InChI is InChI=1S/C28H28ClIN4O6/c1-3-4-12-39-22-10-8-20(9-11-22)33-27(36)28(37)34-31-16-18-13-23(30)26(24(14-18)38-2)40-17-25(35)32-21-7-5-6-19(29)15-21/h5-11,13-16H,3-4,12,17H2,1-2H3,(H,32,35)(H,33,36)(H,34,37)/b31-16-. The highest BCUT2D eigenvalue weighted by molar-refractivity contribution is 14.1. The number of nitrogens with one attached hydrogen (secondary N) is 3. The summed E-state index contributed by atoms with van der Waals surface area (Å²) in [5.41, 5.74) is 3.76. The molecule has 3 amide bonds. The number of carbonyl (C=O) groups is 3. The number of halogens is 2. The van der Waals surface area contributed by atoms with Gasteiger partial charge >= 0.3 is 11.8 Å². The van der Waals surface area contributed by atoms with Crippen LogP contribution in [0.5, 0.6) is 17.2 Å². The van der Waals surface area contributed by atoms with E-state index in [0.717, 1.165) is 12.8 Å². The van der Waals surface area contributed by atoms with Gasteiger partial charge < -0.3 is 24.8 Å². The third-order valence-corrected chi connectivity index (χ3v) is 6.21. The molecule has 0 fully saturated rings. The average Bonchev–Trinajstić information content (AvgIpc) is 2.93. The number of benzene rings is 3. The zero-order valence-electron chi connectivity index (χ0n) is 21.8. The molecule has 0 saturated carbocycles. The summed E-state index contributed by atoms with van der Waals surface area (Å²) in [5, 5.41) is 9.56. The zero-order chi connectivity index (χ0) is 28.9. The van der Waals surface area contributed by atoms with E-state index in [-0.39, 0.29) is 12.5 Å². The van der Waals surface area contributed by atoms with Gasteiger partial charge in [-0.1, -0.05) is 31.0 Å². The van der Waals surface area contributed by atoms with E-state index in [4.69, 9.17) is 25.8 Å². The number of hydrazone groups is 1. The summed E-state index contributed by atoms with van der Waals surface area (Å²) in [6.07, 6.45) is 3.34. The van der Waals surface area contributed by atoms with Gasteiger partial charge in [0.1, 0.15) is 5.75 Å². The van der Waals surface area contributed by atoms with Crippen LogP contribution in [-0.2, 0) is 14.4 Å². The van der Waals surface area contributed by atoms with Crippen LogP contribution in [-0.4, -0.2) is 44.3 Å². The molecular weight excluding hydrogens is 651 g/mol. The second-order valence-electron chi connectivity index (χ2n) is 8.26. The van der Waals surface area contributed by atoms with Gasteiger partial charge in [-0.2, -0.15) is 5.10 Å². The highest BCUT2D eigenvalue weighted by Crippen LogP contribution is 2.33. The summed E-state index contributed by atoms with van der Waals surface area (Å²) < 4.78 is 17.3. The monoisotopic (exact) mass is 678 g/mol. The Morgan fingerprint density at radius 2 is 1.75 bits per heavy atom. The quantitative estimate of drug-likeness (QED) is 0.0791. The van der Waals surface area contributed by atoms with Gasteiger partial charge in [-0.3, -0.25) is 14.4 Å². The number of unbranched alkanes of at least 4 members (excludes halogenated alkanes) is 1. The zero-order valence-corrected chi connectivity index (χ0v) is 24.7. The van der Waals surface area contributed by atoms with Crippen molar-refractivity contribution < 1.29 is 28.6 Å². The Morgan fingerprint density at radius 1 is 0.975 bits per heavy atom. The molecule has 0 saturated heterocycles. The van der Waals surface area contributed by atoms with Crippen molar-refractivity contribution in [2.45, 2.75) is 19.8 Å². The Labute approximate surface area is 250 Å². The topological polar surface area (TPSA) is 127 Å². The van der Waals surface area contributed by atoms with Gasteiger partial charge in [0.25, 0.3) is 5.91 Å². The molecule has 0 aromatic heterocycles. The number of hydrogen-bond acceptors (Lipinski definition) is 7. The van der Waals surface area contributed by atoms with Crippen molar-refractivity contribution in [1.29, 1.82) is 0 Å². The molecule has 0 bridgehead atoms. The van der Waals surface area contributed by atoms with Crippen molar-refractivity contribution in [3.63, 3.8) is 0 Å². The molecule has 3 rings (SSSR count). The van der Waals surface area contributed by atoms with Crippen LogP contribution in [0.1, 0.15) is 25.3 Å². The number of nitrogens with zero attached hydrogens (tertiary/aromatic N) is 1. The van der Waals surface area contributed by atoms with E-state index in [9.17, 15) is 14.4 Å². The number of methoxy groups -OCH3 is 1. The molecule has 3 aromatic carbocycles. The Morgan fingerprint density at radius 3 is 2.45 bits per heavy atom. The summed E-state index contributed by atoms with van der Waals surface area (Å²) in [5.74, 6) is -0.775. The minimum atomic E-state index is -0.938. The van der Waals surface area contributed by atoms with Gasteiger partial charge in [-0.05, 0) is 89.2 Å². The second-order valence-corrected chi connectivity index (χ2v) is 9.86. The van der Waals surface area contributed by atoms with Gasteiger partial charge in [0.2, 0.25) is 0 Å². The van der Waals surface area contributed by atoms with E-state index in [2.05, 4.69) is 28.1 Å². The maximum absolute atomic E-state index is 12.3.